The van der Waals surface area contributed by atoms with Crippen LogP contribution in [0.3, 0.4) is 0 Å². The summed E-state index contributed by atoms with van der Waals surface area (Å²) in [6.07, 6.45) is 2.59. The van der Waals surface area contributed by atoms with Crippen molar-refractivity contribution < 1.29 is 0 Å². The van der Waals surface area contributed by atoms with Crippen molar-refractivity contribution in [2.75, 3.05) is 19.6 Å². The highest BCUT2D eigenvalue weighted by Gasteiger charge is 2.25. The molecule has 0 aromatic carbocycles. The van der Waals surface area contributed by atoms with Crippen molar-refractivity contribution in [3.63, 3.8) is 0 Å². The molecule has 1 aliphatic rings. The number of piperidine rings is 1. The normalized spacial score (nSPS) is 19.8. The second kappa shape index (κ2) is 8.13. The Morgan fingerprint density at radius 3 is 2.24 bits per heavy atom. The molecular formula is C12H27IN4. The molecule has 0 aliphatic carbocycles. The van der Waals surface area contributed by atoms with Crippen molar-refractivity contribution >= 4 is 29.9 Å². The Hall–Kier alpha value is -0.0400. The van der Waals surface area contributed by atoms with Crippen molar-refractivity contribution in [2.24, 2.45) is 28.3 Å². The maximum Gasteiger partial charge on any atom is 0.185 e. The van der Waals surface area contributed by atoms with Gasteiger partial charge < -0.3 is 11.5 Å². The minimum atomic E-state index is 0. The van der Waals surface area contributed by atoms with Crippen molar-refractivity contribution in [2.45, 2.75) is 39.7 Å². The van der Waals surface area contributed by atoms with E-state index < -0.39 is 0 Å². The van der Waals surface area contributed by atoms with Gasteiger partial charge >= 0.3 is 0 Å². The van der Waals surface area contributed by atoms with Gasteiger partial charge in [-0.3, -0.25) is 9.89 Å². The predicted octanol–water partition coefficient (Wildman–Crippen LogP) is 1.63. The van der Waals surface area contributed by atoms with Crippen molar-refractivity contribution in [3.8, 4) is 0 Å². The van der Waals surface area contributed by atoms with Crippen LogP contribution in [0.15, 0.2) is 4.99 Å². The van der Waals surface area contributed by atoms with Crippen molar-refractivity contribution in [3.05, 3.63) is 0 Å². The molecule has 0 aromatic heterocycles. The third-order valence-corrected chi connectivity index (χ3v) is 3.52. The molecule has 0 radical (unpaired) electrons. The SMILES string of the molecule is CC1CCN(C(CN=C(N)N)C(C)C)CC1.I. The van der Waals surface area contributed by atoms with E-state index in [1.54, 1.807) is 0 Å². The number of rotatable bonds is 4. The first-order chi connectivity index (χ1) is 7.50. The fraction of sp³-hybridized carbons (Fsp3) is 0.917. The lowest BCUT2D eigenvalue weighted by Gasteiger charge is -2.38. The van der Waals surface area contributed by atoms with Crippen LogP contribution in [0.2, 0.25) is 0 Å². The number of hydrogen-bond acceptors (Lipinski definition) is 2. The zero-order valence-corrected chi connectivity index (χ0v) is 13.6. The summed E-state index contributed by atoms with van der Waals surface area (Å²) in [6.45, 7) is 9.91. The lowest BCUT2D eigenvalue weighted by Crippen LogP contribution is -2.45. The summed E-state index contributed by atoms with van der Waals surface area (Å²) in [4.78, 5) is 6.71. The lowest BCUT2D eigenvalue weighted by molar-refractivity contribution is 0.113. The molecule has 1 atom stereocenters. The van der Waals surface area contributed by atoms with Gasteiger partial charge in [-0.15, -0.1) is 24.0 Å². The topological polar surface area (TPSA) is 67.6 Å². The molecule has 0 bridgehead atoms. The molecule has 4 N–H and O–H groups in total. The van der Waals surface area contributed by atoms with E-state index in [9.17, 15) is 0 Å². The summed E-state index contributed by atoms with van der Waals surface area (Å²) >= 11 is 0. The first-order valence-electron chi connectivity index (χ1n) is 6.30. The Kier molecular flexibility index (Phi) is 8.11. The van der Waals surface area contributed by atoms with Gasteiger partial charge in [0.1, 0.15) is 0 Å². The Bertz CT molecular complexity index is 231. The van der Waals surface area contributed by atoms with E-state index in [1.165, 1.54) is 25.9 Å². The highest BCUT2D eigenvalue weighted by molar-refractivity contribution is 14.0. The van der Waals surface area contributed by atoms with Crippen LogP contribution in [0.25, 0.3) is 0 Å². The summed E-state index contributed by atoms with van der Waals surface area (Å²) in [5.41, 5.74) is 10.8. The fourth-order valence-corrected chi connectivity index (χ4v) is 2.31. The number of guanidine groups is 1. The van der Waals surface area contributed by atoms with Crippen LogP contribution in [0.1, 0.15) is 33.6 Å². The number of aliphatic imine (C=N–C) groups is 1. The molecule has 0 spiro atoms. The monoisotopic (exact) mass is 354 g/mol. The third kappa shape index (κ3) is 5.90. The third-order valence-electron chi connectivity index (χ3n) is 3.52. The average Bonchev–Trinajstić information content (AvgIpc) is 2.20. The van der Waals surface area contributed by atoms with E-state index in [2.05, 4.69) is 30.7 Å². The molecule has 0 aromatic rings. The number of nitrogens with zero attached hydrogens (tertiary/aromatic N) is 2. The molecule has 0 amide bonds. The van der Waals surface area contributed by atoms with Gasteiger partial charge in [0, 0.05) is 6.04 Å². The summed E-state index contributed by atoms with van der Waals surface area (Å²) in [5.74, 6) is 1.67. The molecular weight excluding hydrogens is 327 g/mol. The first-order valence-corrected chi connectivity index (χ1v) is 6.30. The van der Waals surface area contributed by atoms with Gasteiger partial charge in [0.25, 0.3) is 0 Å². The minimum Gasteiger partial charge on any atom is -0.370 e. The van der Waals surface area contributed by atoms with Crippen LogP contribution < -0.4 is 11.5 Å². The Balaban J connectivity index is 0.00000256. The Labute approximate surface area is 122 Å². The van der Waals surface area contributed by atoms with Gasteiger partial charge in [0.2, 0.25) is 0 Å². The molecule has 4 nitrogen and oxygen atoms in total. The van der Waals surface area contributed by atoms with Crippen LogP contribution in [0, 0.1) is 11.8 Å². The molecule has 1 unspecified atom stereocenters. The predicted molar refractivity (Wildman–Crippen MR) is 84.7 cm³/mol. The highest BCUT2D eigenvalue weighted by atomic mass is 127. The zero-order chi connectivity index (χ0) is 12.1. The summed E-state index contributed by atoms with van der Waals surface area (Å²) < 4.78 is 0. The van der Waals surface area contributed by atoms with Crippen molar-refractivity contribution in [1.29, 1.82) is 0 Å². The number of nitrogens with two attached hydrogens (primary N) is 2. The standard InChI is InChI=1S/C12H26N4.HI/c1-9(2)11(8-15-12(13)14)16-6-4-10(3)5-7-16;/h9-11H,4-8H2,1-3H3,(H4,13,14,15);1H. The van der Waals surface area contributed by atoms with Gasteiger partial charge in [0.15, 0.2) is 5.96 Å². The lowest BCUT2D eigenvalue weighted by atomic mass is 9.94. The fourth-order valence-electron chi connectivity index (χ4n) is 2.31. The summed E-state index contributed by atoms with van der Waals surface area (Å²) in [5, 5.41) is 0. The minimum absolute atomic E-state index is 0. The quantitative estimate of drug-likeness (QED) is 0.458. The van der Waals surface area contributed by atoms with Gasteiger partial charge in [-0.05, 0) is 37.8 Å². The Morgan fingerprint density at radius 2 is 1.82 bits per heavy atom. The summed E-state index contributed by atoms with van der Waals surface area (Å²) in [6, 6.07) is 0.481. The van der Waals surface area contributed by atoms with E-state index in [1.807, 2.05) is 0 Å². The number of halogens is 1. The maximum absolute atomic E-state index is 5.40. The molecule has 1 aliphatic heterocycles. The molecule has 5 heteroatoms. The number of likely N-dealkylation sites (tertiary alicyclic amines) is 1. The van der Waals surface area contributed by atoms with E-state index in [4.69, 9.17) is 11.5 Å². The van der Waals surface area contributed by atoms with Gasteiger partial charge in [0.05, 0.1) is 6.54 Å². The molecule has 17 heavy (non-hydrogen) atoms. The van der Waals surface area contributed by atoms with Crippen LogP contribution in [0.4, 0.5) is 0 Å². The van der Waals surface area contributed by atoms with Crippen LogP contribution in [0.5, 0.6) is 0 Å². The van der Waals surface area contributed by atoms with Crippen LogP contribution in [-0.2, 0) is 0 Å². The van der Waals surface area contributed by atoms with Gasteiger partial charge in [-0.2, -0.15) is 0 Å². The van der Waals surface area contributed by atoms with Gasteiger partial charge in [-0.25, -0.2) is 0 Å². The second-order valence-corrected chi connectivity index (χ2v) is 5.30. The highest BCUT2D eigenvalue weighted by Crippen LogP contribution is 2.21. The molecule has 102 valence electrons. The molecule has 1 heterocycles. The zero-order valence-electron chi connectivity index (χ0n) is 11.2. The molecule has 1 rings (SSSR count). The van der Waals surface area contributed by atoms with E-state index in [-0.39, 0.29) is 29.9 Å². The van der Waals surface area contributed by atoms with Crippen LogP contribution in [-0.4, -0.2) is 36.5 Å². The van der Waals surface area contributed by atoms with Crippen molar-refractivity contribution in [1.82, 2.24) is 4.90 Å². The van der Waals surface area contributed by atoms with E-state index in [0.717, 1.165) is 12.5 Å². The molecule has 1 saturated heterocycles. The smallest absolute Gasteiger partial charge is 0.185 e. The van der Waals surface area contributed by atoms with E-state index >= 15 is 0 Å². The van der Waals surface area contributed by atoms with E-state index in [0.29, 0.717) is 12.0 Å². The maximum atomic E-state index is 5.40. The first kappa shape index (κ1) is 17.0. The Morgan fingerprint density at radius 1 is 1.29 bits per heavy atom. The largest absolute Gasteiger partial charge is 0.370 e. The molecule has 1 fully saturated rings. The number of hydrogen-bond donors (Lipinski definition) is 2. The second-order valence-electron chi connectivity index (χ2n) is 5.30. The van der Waals surface area contributed by atoms with Gasteiger partial charge in [-0.1, -0.05) is 20.8 Å². The molecule has 0 saturated carbocycles. The summed E-state index contributed by atoms with van der Waals surface area (Å²) in [7, 11) is 0. The van der Waals surface area contributed by atoms with Crippen LogP contribution >= 0.6 is 24.0 Å². The average molecular weight is 354 g/mol.